The van der Waals surface area contributed by atoms with Crippen molar-refractivity contribution in [3.63, 3.8) is 0 Å². The number of hydrogen-bond donors (Lipinski definition) is 1. The number of benzene rings is 2. The van der Waals surface area contributed by atoms with E-state index in [1.165, 1.54) is 4.90 Å². The van der Waals surface area contributed by atoms with Crippen molar-refractivity contribution >= 4 is 29.0 Å². The van der Waals surface area contributed by atoms with Gasteiger partial charge in [0.25, 0.3) is 0 Å². The molecule has 1 heterocycles. The number of amides is 3. The largest absolute Gasteiger partial charge is 0.493 e. The third-order valence-corrected chi connectivity index (χ3v) is 8.35. The Morgan fingerprint density at radius 3 is 2.19 bits per heavy atom. The fourth-order valence-electron chi connectivity index (χ4n) is 4.85. The molecule has 3 rings (SSSR count). The summed E-state index contributed by atoms with van der Waals surface area (Å²) in [5.41, 5.74) is 5.15. The van der Waals surface area contributed by atoms with Gasteiger partial charge in [0, 0.05) is 23.7 Å². The number of nitrogens with one attached hydrogen (secondary N) is 1. The van der Waals surface area contributed by atoms with Gasteiger partial charge in [0.15, 0.2) is 11.5 Å². The Morgan fingerprint density at radius 1 is 0.976 bits per heavy atom. The summed E-state index contributed by atoms with van der Waals surface area (Å²) in [6, 6.07) is 13.7. The van der Waals surface area contributed by atoms with Gasteiger partial charge in [0.2, 0.25) is 5.91 Å². The van der Waals surface area contributed by atoms with Crippen LogP contribution in [0.5, 0.6) is 11.5 Å². The zero-order valence-corrected chi connectivity index (χ0v) is 26.8. The molecule has 226 valence electrons. The van der Waals surface area contributed by atoms with Crippen LogP contribution in [0.4, 0.5) is 10.5 Å². The molecule has 0 aliphatic heterocycles. The maximum atomic E-state index is 13.8. The lowest BCUT2D eigenvalue weighted by Gasteiger charge is -2.28. The third-order valence-electron chi connectivity index (χ3n) is 7.34. The maximum Gasteiger partial charge on any atom is 0.322 e. The number of anilines is 1. The van der Waals surface area contributed by atoms with E-state index in [9.17, 15) is 9.59 Å². The first kappa shape index (κ1) is 32.7. The predicted molar refractivity (Wildman–Crippen MR) is 173 cm³/mol. The second kappa shape index (κ2) is 15.4. The number of rotatable bonds is 14. The number of para-hydroxylation sites is 1. The third kappa shape index (κ3) is 8.38. The Balaban J connectivity index is 1.83. The van der Waals surface area contributed by atoms with Crippen LogP contribution < -0.4 is 14.8 Å². The van der Waals surface area contributed by atoms with Crippen LogP contribution in [0.25, 0.3) is 0 Å². The Morgan fingerprint density at radius 2 is 1.64 bits per heavy atom. The number of hydrogen-bond acceptors (Lipinski definition) is 5. The molecule has 1 aromatic heterocycles. The van der Waals surface area contributed by atoms with E-state index >= 15 is 0 Å². The monoisotopic (exact) mass is 591 g/mol. The van der Waals surface area contributed by atoms with E-state index in [4.69, 9.17) is 9.47 Å². The number of ether oxygens (including phenoxy) is 2. The highest BCUT2D eigenvalue weighted by molar-refractivity contribution is 7.10. The highest BCUT2D eigenvalue weighted by Gasteiger charge is 2.24. The van der Waals surface area contributed by atoms with Crippen LogP contribution >= 0.6 is 11.3 Å². The van der Waals surface area contributed by atoms with E-state index < -0.39 is 0 Å². The van der Waals surface area contributed by atoms with Crippen LogP contribution in [0, 0.1) is 6.92 Å². The number of urea groups is 1. The van der Waals surface area contributed by atoms with Gasteiger partial charge in [-0.2, -0.15) is 0 Å². The van der Waals surface area contributed by atoms with Crippen molar-refractivity contribution in [2.75, 3.05) is 39.2 Å². The molecule has 3 aromatic rings. The summed E-state index contributed by atoms with van der Waals surface area (Å²) in [4.78, 5) is 32.0. The summed E-state index contributed by atoms with van der Waals surface area (Å²) in [5, 5.41) is 5.19. The second-order valence-electron chi connectivity index (χ2n) is 11.0. The minimum Gasteiger partial charge on any atom is -0.493 e. The fourth-order valence-corrected chi connectivity index (χ4v) is 5.77. The molecule has 3 amide bonds. The molecule has 0 saturated heterocycles. The van der Waals surface area contributed by atoms with Crippen molar-refractivity contribution in [1.29, 1.82) is 0 Å². The van der Waals surface area contributed by atoms with E-state index in [0.717, 1.165) is 32.8 Å². The SMILES string of the molecule is C=CCN(CC(=O)N(CCc1ccc(OC)c(OC)c1)Cc1sccc1C)C(=O)Nc1c(C(C)C)cccc1C(C)C. The van der Waals surface area contributed by atoms with E-state index in [1.54, 1.807) is 31.6 Å². The van der Waals surface area contributed by atoms with Crippen molar-refractivity contribution in [3.05, 3.63) is 87.6 Å². The smallest absolute Gasteiger partial charge is 0.322 e. The normalized spacial score (nSPS) is 11.0. The molecule has 0 atom stereocenters. The summed E-state index contributed by atoms with van der Waals surface area (Å²) >= 11 is 1.63. The lowest BCUT2D eigenvalue weighted by atomic mass is 9.93. The van der Waals surface area contributed by atoms with Gasteiger partial charge >= 0.3 is 6.03 Å². The Bertz CT molecular complexity index is 1340. The minimum absolute atomic E-state index is 0.0604. The van der Waals surface area contributed by atoms with Crippen LogP contribution in [0.1, 0.15) is 66.7 Å². The Labute approximate surface area is 255 Å². The molecule has 0 saturated carbocycles. The van der Waals surface area contributed by atoms with Gasteiger partial charge in [-0.1, -0.05) is 58.0 Å². The molecule has 0 aliphatic carbocycles. The number of carbonyl (C=O) groups excluding carboxylic acids is 2. The van der Waals surface area contributed by atoms with E-state index in [-0.39, 0.29) is 36.9 Å². The molecule has 1 N–H and O–H groups in total. The van der Waals surface area contributed by atoms with Gasteiger partial charge in [0.1, 0.15) is 6.54 Å². The fraction of sp³-hybridized carbons (Fsp3) is 0.412. The average molecular weight is 592 g/mol. The Hall–Kier alpha value is -3.78. The van der Waals surface area contributed by atoms with Gasteiger partial charge in [-0.3, -0.25) is 4.79 Å². The highest BCUT2D eigenvalue weighted by Crippen LogP contribution is 2.33. The first-order valence-electron chi connectivity index (χ1n) is 14.4. The van der Waals surface area contributed by atoms with E-state index in [2.05, 4.69) is 64.7 Å². The molecule has 0 aliphatic rings. The second-order valence-corrected chi connectivity index (χ2v) is 12.0. The zero-order chi connectivity index (χ0) is 30.8. The van der Waals surface area contributed by atoms with Gasteiger partial charge in [0.05, 0.1) is 20.8 Å². The van der Waals surface area contributed by atoms with Crippen molar-refractivity contribution in [1.82, 2.24) is 9.80 Å². The topological polar surface area (TPSA) is 71.1 Å². The summed E-state index contributed by atoms with van der Waals surface area (Å²) in [6.45, 7) is 15.5. The van der Waals surface area contributed by atoms with Crippen molar-refractivity contribution < 1.29 is 19.1 Å². The van der Waals surface area contributed by atoms with Gasteiger partial charge in [-0.25, -0.2) is 4.79 Å². The van der Waals surface area contributed by atoms with E-state index in [0.29, 0.717) is 31.0 Å². The van der Waals surface area contributed by atoms with Gasteiger partial charge in [-0.15, -0.1) is 17.9 Å². The van der Waals surface area contributed by atoms with Crippen LogP contribution in [-0.2, 0) is 17.8 Å². The first-order valence-corrected chi connectivity index (χ1v) is 15.3. The summed E-state index contributed by atoms with van der Waals surface area (Å²) in [5.74, 6) is 1.65. The number of carbonyl (C=O) groups is 2. The molecule has 8 heteroatoms. The van der Waals surface area contributed by atoms with Crippen LogP contribution in [0.15, 0.2) is 60.5 Å². The predicted octanol–water partition coefficient (Wildman–Crippen LogP) is 7.61. The molecular weight excluding hydrogens is 546 g/mol. The lowest BCUT2D eigenvalue weighted by Crippen LogP contribution is -2.45. The molecule has 7 nitrogen and oxygen atoms in total. The molecule has 0 radical (unpaired) electrons. The lowest BCUT2D eigenvalue weighted by molar-refractivity contribution is -0.132. The molecule has 0 unspecified atom stereocenters. The molecular formula is C34H45N3O4S. The van der Waals surface area contributed by atoms with Crippen molar-refractivity contribution in [3.8, 4) is 11.5 Å². The summed E-state index contributed by atoms with van der Waals surface area (Å²) < 4.78 is 10.8. The average Bonchev–Trinajstić information content (AvgIpc) is 3.38. The molecule has 0 fully saturated rings. The molecule has 2 aromatic carbocycles. The summed E-state index contributed by atoms with van der Waals surface area (Å²) in [6.07, 6.45) is 2.28. The van der Waals surface area contributed by atoms with Gasteiger partial charge in [-0.05, 0) is 71.0 Å². The highest BCUT2D eigenvalue weighted by atomic mass is 32.1. The van der Waals surface area contributed by atoms with E-state index in [1.807, 2.05) is 34.5 Å². The number of nitrogens with zero attached hydrogens (tertiary/aromatic N) is 2. The van der Waals surface area contributed by atoms with Crippen molar-refractivity contribution in [2.45, 2.75) is 59.4 Å². The maximum absolute atomic E-state index is 13.8. The Kier molecular flexibility index (Phi) is 12.0. The standard InChI is InChI=1S/C34H45N3O4S/c1-9-17-37(34(39)35-33-27(23(2)3)11-10-12-28(33)24(4)5)22-32(38)36(21-31-25(6)16-19-42-31)18-15-26-13-14-29(40-7)30(20-26)41-8/h9-14,16,19-20,23-24H,1,15,17-18,21-22H2,2-8H3,(H,35,39). The zero-order valence-electron chi connectivity index (χ0n) is 26.0. The quantitative estimate of drug-likeness (QED) is 0.196. The number of aryl methyl sites for hydroxylation is 1. The molecule has 0 bridgehead atoms. The van der Waals surface area contributed by atoms with Crippen molar-refractivity contribution in [2.24, 2.45) is 0 Å². The number of methoxy groups -OCH3 is 2. The van der Waals surface area contributed by atoms with Gasteiger partial charge < -0.3 is 24.6 Å². The number of thiophene rings is 1. The molecule has 42 heavy (non-hydrogen) atoms. The van der Waals surface area contributed by atoms with Crippen LogP contribution in [0.2, 0.25) is 0 Å². The van der Waals surface area contributed by atoms with Crippen LogP contribution in [-0.4, -0.2) is 55.6 Å². The minimum atomic E-state index is -0.314. The van der Waals surface area contributed by atoms with Crippen LogP contribution in [0.3, 0.4) is 0 Å². The first-order chi connectivity index (χ1) is 20.1. The summed E-state index contributed by atoms with van der Waals surface area (Å²) in [7, 11) is 3.22. The molecule has 0 spiro atoms.